The van der Waals surface area contributed by atoms with Crippen LogP contribution in [-0.4, -0.2) is 15.0 Å². The highest BCUT2D eigenvalue weighted by molar-refractivity contribution is 7.98. The maximum absolute atomic E-state index is 4.44. The Morgan fingerprint density at radius 3 is 2.62 bits per heavy atom. The van der Waals surface area contributed by atoms with E-state index in [9.17, 15) is 0 Å². The highest BCUT2D eigenvalue weighted by atomic mass is 32.2. The van der Waals surface area contributed by atoms with E-state index in [1.807, 2.05) is 18.2 Å². The van der Waals surface area contributed by atoms with E-state index in [0.717, 1.165) is 32.7 Å². The maximum atomic E-state index is 4.44. The second-order valence-electron chi connectivity index (χ2n) is 4.85. The summed E-state index contributed by atoms with van der Waals surface area (Å²) in [6.45, 7) is 0. The molecular formula is C17H13N3S. The fourth-order valence-corrected chi connectivity index (χ4v) is 3.36. The van der Waals surface area contributed by atoms with E-state index in [1.165, 1.54) is 5.56 Å². The Morgan fingerprint density at radius 2 is 1.71 bits per heavy atom. The molecule has 3 nitrogen and oxygen atoms in total. The van der Waals surface area contributed by atoms with Crippen LogP contribution in [-0.2, 0) is 5.75 Å². The van der Waals surface area contributed by atoms with Crippen molar-refractivity contribution >= 4 is 33.7 Å². The summed E-state index contributed by atoms with van der Waals surface area (Å²) in [4.78, 5) is 12.3. The minimum Gasteiger partial charge on any atom is -0.351 e. The first-order valence-corrected chi connectivity index (χ1v) is 7.78. The summed E-state index contributed by atoms with van der Waals surface area (Å²) in [6.07, 6.45) is 1.65. The maximum Gasteiger partial charge on any atom is 0.124 e. The smallest absolute Gasteiger partial charge is 0.124 e. The van der Waals surface area contributed by atoms with Gasteiger partial charge in [0.25, 0.3) is 0 Å². The van der Waals surface area contributed by atoms with Crippen molar-refractivity contribution in [2.24, 2.45) is 0 Å². The van der Waals surface area contributed by atoms with Crippen LogP contribution in [0.1, 0.15) is 5.56 Å². The minimum atomic E-state index is 0.905. The van der Waals surface area contributed by atoms with E-state index in [1.54, 1.807) is 18.1 Å². The van der Waals surface area contributed by atoms with Crippen molar-refractivity contribution in [3.05, 3.63) is 66.5 Å². The standard InChI is InChI=1S/C17H13N3S/c1-2-6-12(7-3-1)10-21-17-16-15(18-11-19-17)13-8-4-5-9-14(13)20-16/h1-9,11,20H,10H2. The van der Waals surface area contributed by atoms with Crippen molar-refractivity contribution in [1.82, 2.24) is 15.0 Å². The quantitative estimate of drug-likeness (QED) is 0.449. The van der Waals surface area contributed by atoms with Crippen molar-refractivity contribution in [3.8, 4) is 0 Å². The van der Waals surface area contributed by atoms with Crippen LogP contribution in [0.25, 0.3) is 21.9 Å². The Morgan fingerprint density at radius 1 is 0.905 bits per heavy atom. The van der Waals surface area contributed by atoms with Gasteiger partial charge in [-0.2, -0.15) is 0 Å². The molecule has 0 fully saturated rings. The monoisotopic (exact) mass is 291 g/mol. The molecule has 102 valence electrons. The summed E-state index contributed by atoms with van der Waals surface area (Å²) in [5, 5.41) is 2.15. The van der Waals surface area contributed by atoms with Crippen LogP contribution in [0.15, 0.2) is 66.0 Å². The molecule has 2 heterocycles. The number of nitrogens with zero attached hydrogens (tertiary/aromatic N) is 2. The van der Waals surface area contributed by atoms with Crippen LogP contribution in [0.5, 0.6) is 0 Å². The summed E-state index contributed by atoms with van der Waals surface area (Å²) in [5.41, 5.74) is 4.43. The van der Waals surface area contributed by atoms with Crippen LogP contribution < -0.4 is 0 Å². The number of benzene rings is 2. The Bertz CT molecular complexity index is 900. The number of hydrogen-bond donors (Lipinski definition) is 1. The number of aromatic amines is 1. The number of thioether (sulfide) groups is 1. The Balaban J connectivity index is 1.75. The number of rotatable bonds is 3. The molecule has 0 aliphatic rings. The van der Waals surface area contributed by atoms with Crippen molar-refractivity contribution in [2.75, 3.05) is 0 Å². The summed E-state index contributed by atoms with van der Waals surface area (Å²) < 4.78 is 0. The minimum absolute atomic E-state index is 0.905. The molecule has 0 spiro atoms. The average molecular weight is 291 g/mol. The van der Waals surface area contributed by atoms with E-state index >= 15 is 0 Å². The van der Waals surface area contributed by atoms with E-state index in [2.05, 4.69) is 51.4 Å². The molecule has 21 heavy (non-hydrogen) atoms. The number of H-pyrrole nitrogens is 1. The third-order valence-electron chi connectivity index (χ3n) is 3.47. The molecule has 4 aromatic rings. The second-order valence-corrected chi connectivity index (χ2v) is 5.81. The molecule has 0 saturated carbocycles. The van der Waals surface area contributed by atoms with Gasteiger partial charge >= 0.3 is 0 Å². The van der Waals surface area contributed by atoms with Crippen molar-refractivity contribution in [1.29, 1.82) is 0 Å². The first-order valence-electron chi connectivity index (χ1n) is 6.80. The lowest BCUT2D eigenvalue weighted by molar-refractivity contribution is 1.09. The Kier molecular flexibility index (Phi) is 3.09. The number of para-hydroxylation sites is 1. The topological polar surface area (TPSA) is 41.6 Å². The number of aromatic nitrogens is 3. The van der Waals surface area contributed by atoms with Gasteiger partial charge in [-0.25, -0.2) is 9.97 Å². The fourth-order valence-electron chi connectivity index (χ4n) is 2.45. The normalized spacial score (nSPS) is 11.2. The number of nitrogens with one attached hydrogen (secondary N) is 1. The lowest BCUT2D eigenvalue weighted by Crippen LogP contribution is -1.86. The third kappa shape index (κ3) is 2.28. The van der Waals surface area contributed by atoms with Crippen LogP contribution in [0, 0.1) is 0 Å². The molecule has 0 bridgehead atoms. The van der Waals surface area contributed by atoms with Gasteiger partial charge in [0.1, 0.15) is 16.9 Å². The highest BCUT2D eigenvalue weighted by Crippen LogP contribution is 2.30. The van der Waals surface area contributed by atoms with E-state index in [4.69, 9.17) is 0 Å². The first-order chi connectivity index (χ1) is 10.4. The van der Waals surface area contributed by atoms with Crippen LogP contribution in [0.3, 0.4) is 0 Å². The summed E-state index contributed by atoms with van der Waals surface area (Å²) in [7, 11) is 0. The zero-order valence-electron chi connectivity index (χ0n) is 11.3. The van der Waals surface area contributed by atoms with Gasteiger partial charge < -0.3 is 4.98 Å². The molecule has 0 aliphatic heterocycles. The molecule has 4 rings (SSSR count). The zero-order chi connectivity index (χ0) is 14.1. The zero-order valence-corrected chi connectivity index (χ0v) is 12.1. The van der Waals surface area contributed by atoms with Crippen molar-refractivity contribution in [2.45, 2.75) is 10.8 Å². The molecule has 1 N–H and O–H groups in total. The molecule has 0 amide bonds. The fraction of sp³-hybridized carbons (Fsp3) is 0.0588. The molecule has 0 atom stereocenters. The van der Waals surface area contributed by atoms with Gasteiger partial charge in [0.15, 0.2) is 0 Å². The second kappa shape index (κ2) is 5.22. The highest BCUT2D eigenvalue weighted by Gasteiger charge is 2.10. The molecule has 0 aliphatic carbocycles. The first kappa shape index (κ1) is 12.4. The van der Waals surface area contributed by atoms with Gasteiger partial charge in [0, 0.05) is 16.7 Å². The average Bonchev–Trinajstić information content (AvgIpc) is 2.93. The van der Waals surface area contributed by atoms with Gasteiger partial charge in [-0.15, -0.1) is 0 Å². The van der Waals surface area contributed by atoms with Crippen molar-refractivity contribution < 1.29 is 0 Å². The summed E-state index contributed by atoms with van der Waals surface area (Å²) in [5.74, 6) is 0.905. The van der Waals surface area contributed by atoms with Crippen molar-refractivity contribution in [3.63, 3.8) is 0 Å². The molecule has 2 aromatic carbocycles. The molecule has 0 unspecified atom stereocenters. The summed E-state index contributed by atoms with van der Waals surface area (Å²) in [6, 6.07) is 18.7. The van der Waals surface area contributed by atoms with Gasteiger partial charge in [-0.3, -0.25) is 0 Å². The molecule has 4 heteroatoms. The molecule has 2 aromatic heterocycles. The van der Waals surface area contributed by atoms with E-state index < -0.39 is 0 Å². The molecular weight excluding hydrogens is 278 g/mol. The Hall–Kier alpha value is -2.33. The third-order valence-corrected chi connectivity index (χ3v) is 4.53. The summed E-state index contributed by atoms with van der Waals surface area (Å²) >= 11 is 1.74. The van der Waals surface area contributed by atoms with Crippen LogP contribution in [0.4, 0.5) is 0 Å². The molecule has 0 radical (unpaired) electrons. The SMILES string of the molecule is c1ccc(CSc2ncnc3c2[nH]c2ccccc23)cc1. The lowest BCUT2D eigenvalue weighted by atomic mass is 10.2. The van der Waals surface area contributed by atoms with Crippen LogP contribution >= 0.6 is 11.8 Å². The largest absolute Gasteiger partial charge is 0.351 e. The van der Waals surface area contributed by atoms with E-state index in [-0.39, 0.29) is 0 Å². The predicted molar refractivity (Wildman–Crippen MR) is 87.4 cm³/mol. The number of hydrogen-bond acceptors (Lipinski definition) is 3. The predicted octanol–water partition coefficient (Wildman–Crippen LogP) is 4.40. The number of fused-ring (bicyclic) bond motifs is 3. The Labute approximate surface area is 126 Å². The van der Waals surface area contributed by atoms with Gasteiger partial charge in [-0.1, -0.05) is 60.3 Å². The van der Waals surface area contributed by atoms with Gasteiger partial charge in [-0.05, 0) is 11.6 Å². The van der Waals surface area contributed by atoms with Gasteiger partial charge in [0.2, 0.25) is 0 Å². The lowest BCUT2D eigenvalue weighted by Gasteiger charge is -2.02. The van der Waals surface area contributed by atoms with Crippen LogP contribution in [0.2, 0.25) is 0 Å². The van der Waals surface area contributed by atoms with Gasteiger partial charge in [0.05, 0.1) is 5.52 Å². The van der Waals surface area contributed by atoms with E-state index in [0.29, 0.717) is 0 Å². The molecule has 0 saturated heterocycles.